The van der Waals surface area contributed by atoms with E-state index in [0.29, 0.717) is 40.1 Å². The molecule has 0 aliphatic heterocycles. The fourth-order valence-electron chi connectivity index (χ4n) is 2.06. The van der Waals surface area contributed by atoms with Gasteiger partial charge in [0.15, 0.2) is 5.82 Å². The van der Waals surface area contributed by atoms with Gasteiger partial charge in [0.1, 0.15) is 11.5 Å². The van der Waals surface area contributed by atoms with Crippen molar-refractivity contribution in [3.63, 3.8) is 0 Å². The van der Waals surface area contributed by atoms with E-state index in [1.807, 2.05) is 20.8 Å². The zero-order valence-electron chi connectivity index (χ0n) is 15.3. The normalized spacial score (nSPS) is 11.6. The Morgan fingerprint density at radius 3 is 2.31 bits per heavy atom. The van der Waals surface area contributed by atoms with Crippen molar-refractivity contribution in [1.82, 2.24) is 20.3 Å². The number of thioether (sulfide) groups is 1. The van der Waals surface area contributed by atoms with Crippen LogP contribution in [0.5, 0.6) is 11.5 Å². The van der Waals surface area contributed by atoms with Gasteiger partial charge in [-0.05, 0) is 12.1 Å². The van der Waals surface area contributed by atoms with E-state index < -0.39 is 0 Å². The minimum absolute atomic E-state index is 0.182. The summed E-state index contributed by atoms with van der Waals surface area (Å²) in [7, 11) is 3.18. The van der Waals surface area contributed by atoms with Crippen LogP contribution in [0.3, 0.4) is 0 Å². The molecule has 0 unspecified atom stereocenters. The van der Waals surface area contributed by atoms with Gasteiger partial charge in [0.25, 0.3) is 5.22 Å². The number of ether oxygens (including phenoxy) is 2. The molecule has 0 bridgehead atoms. The molecule has 2 heterocycles. The molecule has 0 amide bonds. The topological polar surface area (TPSA) is 96.3 Å². The summed E-state index contributed by atoms with van der Waals surface area (Å²) in [6, 6.07) is 5.39. The first-order valence-electron chi connectivity index (χ1n) is 7.92. The van der Waals surface area contributed by atoms with Crippen LogP contribution in [0.4, 0.5) is 0 Å². The van der Waals surface area contributed by atoms with Gasteiger partial charge in [0.05, 0.1) is 20.0 Å². The van der Waals surface area contributed by atoms with Crippen LogP contribution in [-0.4, -0.2) is 34.6 Å². The summed E-state index contributed by atoms with van der Waals surface area (Å²) in [5.74, 6) is 3.34. The molecule has 0 spiro atoms. The van der Waals surface area contributed by atoms with Crippen molar-refractivity contribution in [2.75, 3.05) is 14.2 Å². The molecule has 0 aliphatic carbocycles. The van der Waals surface area contributed by atoms with Gasteiger partial charge in [-0.3, -0.25) is 0 Å². The first-order valence-corrected chi connectivity index (χ1v) is 8.90. The summed E-state index contributed by atoms with van der Waals surface area (Å²) in [6.07, 6.45) is 0. The third-order valence-corrected chi connectivity index (χ3v) is 4.25. The van der Waals surface area contributed by atoms with Crippen LogP contribution in [-0.2, 0) is 11.2 Å². The van der Waals surface area contributed by atoms with Gasteiger partial charge in [0.2, 0.25) is 11.8 Å². The number of methoxy groups -OCH3 is 2. The van der Waals surface area contributed by atoms with Crippen LogP contribution in [0.1, 0.15) is 32.5 Å². The summed E-state index contributed by atoms with van der Waals surface area (Å²) in [5.41, 5.74) is 0.536. The van der Waals surface area contributed by atoms with E-state index in [4.69, 9.17) is 18.4 Å². The van der Waals surface area contributed by atoms with Gasteiger partial charge in [-0.25, -0.2) is 0 Å². The second-order valence-corrected chi connectivity index (χ2v) is 7.46. The van der Waals surface area contributed by atoms with Crippen LogP contribution in [0, 0.1) is 0 Å². The van der Waals surface area contributed by atoms with Crippen molar-refractivity contribution in [2.24, 2.45) is 0 Å². The van der Waals surface area contributed by atoms with Crippen molar-refractivity contribution in [2.45, 2.75) is 37.2 Å². The molecule has 138 valence electrons. The van der Waals surface area contributed by atoms with E-state index in [2.05, 4.69) is 20.3 Å². The number of benzene rings is 1. The van der Waals surface area contributed by atoms with Gasteiger partial charge < -0.3 is 18.4 Å². The highest BCUT2D eigenvalue weighted by Gasteiger charge is 2.22. The molecule has 1 aromatic carbocycles. The summed E-state index contributed by atoms with van der Waals surface area (Å²) < 4.78 is 21.5. The number of hydrogen-bond acceptors (Lipinski definition) is 9. The van der Waals surface area contributed by atoms with Gasteiger partial charge in [-0.2, -0.15) is 4.98 Å². The lowest BCUT2D eigenvalue weighted by atomic mass is 9.97. The van der Waals surface area contributed by atoms with Crippen molar-refractivity contribution >= 4 is 11.8 Å². The smallest absolute Gasteiger partial charge is 0.277 e. The summed E-state index contributed by atoms with van der Waals surface area (Å²) in [6.45, 7) is 6.05. The van der Waals surface area contributed by atoms with E-state index in [9.17, 15) is 0 Å². The Kier molecular flexibility index (Phi) is 5.17. The van der Waals surface area contributed by atoms with Crippen LogP contribution < -0.4 is 9.47 Å². The molecule has 9 heteroatoms. The van der Waals surface area contributed by atoms with Crippen molar-refractivity contribution < 1.29 is 18.4 Å². The second-order valence-electron chi connectivity index (χ2n) is 6.53. The standard InChI is InChI=1S/C17H20N4O4S/c1-17(2,3)15-18-13(21-25-15)9-26-16-20-19-14(24-16)10-6-11(22-4)8-12(7-10)23-5/h6-8H,9H2,1-5H3. The fourth-order valence-corrected chi connectivity index (χ4v) is 2.67. The minimum Gasteiger partial charge on any atom is -0.497 e. The van der Waals surface area contributed by atoms with E-state index in [0.717, 1.165) is 5.56 Å². The number of aromatic nitrogens is 4. The lowest BCUT2D eigenvalue weighted by molar-refractivity contribution is 0.319. The average Bonchev–Trinajstić information content (AvgIpc) is 3.28. The Morgan fingerprint density at radius 2 is 1.73 bits per heavy atom. The van der Waals surface area contributed by atoms with E-state index in [-0.39, 0.29) is 5.41 Å². The van der Waals surface area contributed by atoms with Gasteiger partial charge in [0, 0.05) is 17.0 Å². The van der Waals surface area contributed by atoms with Crippen molar-refractivity contribution in [1.29, 1.82) is 0 Å². The van der Waals surface area contributed by atoms with Crippen molar-refractivity contribution in [3.05, 3.63) is 29.9 Å². The predicted molar refractivity (Wildman–Crippen MR) is 95.4 cm³/mol. The monoisotopic (exact) mass is 376 g/mol. The summed E-state index contributed by atoms with van der Waals surface area (Å²) in [4.78, 5) is 4.39. The Morgan fingerprint density at radius 1 is 1.04 bits per heavy atom. The maximum atomic E-state index is 5.71. The number of nitrogens with zero attached hydrogens (tertiary/aromatic N) is 4. The second kappa shape index (κ2) is 7.36. The first-order chi connectivity index (χ1) is 12.4. The molecular weight excluding hydrogens is 356 g/mol. The zero-order chi connectivity index (χ0) is 18.7. The molecule has 0 saturated carbocycles. The molecule has 3 rings (SSSR count). The number of rotatable bonds is 6. The quantitative estimate of drug-likeness (QED) is 0.596. The molecular formula is C17H20N4O4S. The van der Waals surface area contributed by atoms with Crippen LogP contribution in [0.15, 0.2) is 32.4 Å². The highest BCUT2D eigenvalue weighted by Crippen LogP contribution is 2.31. The average molecular weight is 376 g/mol. The van der Waals surface area contributed by atoms with Gasteiger partial charge >= 0.3 is 0 Å². The lowest BCUT2D eigenvalue weighted by Gasteiger charge is -2.10. The Balaban J connectivity index is 1.71. The third-order valence-electron chi connectivity index (χ3n) is 3.44. The Labute approximate surface area is 155 Å². The van der Waals surface area contributed by atoms with Crippen LogP contribution >= 0.6 is 11.8 Å². The van der Waals surface area contributed by atoms with E-state index in [1.54, 1.807) is 32.4 Å². The lowest BCUT2D eigenvalue weighted by Crippen LogP contribution is -2.11. The zero-order valence-corrected chi connectivity index (χ0v) is 16.1. The maximum absolute atomic E-state index is 5.71. The van der Waals surface area contributed by atoms with Gasteiger partial charge in [-0.15, -0.1) is 10.2 Å². The molecule has 0 atom stereocenters. The van der Waals surface area contributed by atoms with Gasteiger partial charge in [-0.1, -0.05) is 37.7 Å². The largest absolute Gasteiger partial charge is 0.497 e. The molecule has 0 radical (unpaired) electrons. The molecule has 0 N–H and O–H groups in total. The highest BCUT2D eigenvalue weighted by atomic mass is 32.2. The van der Waals surface area contributed by atoms with Crippen LogP contribution in [0.2, 0.25) is 0 Å². The highest BCUT2D eigenvalue weighted by molar-refractivity contribution is 7.98. The van der Waals surface area contributed by atoms with Crippen molar-refractivity contribution in [3.8, 4) is 23.0 Å². The molecule has 2 aromatic heterocycles. The van der Waals surface area contributed by atoms with E-state index in [1.165, 1.54) is 11.8 Å². The molecule has 0 saturated heterocycles. The SMILES string of the molecule is COc1cc(OC)cc(-c2nnc(SCc3noc(C(C)(C)C)n3)o2)c1. The Hall–Kier alpha value is -2.55. The van der Waals surface area contributed by atoms with Crippen LogP contribution in [0.25, 0.3) is 11.5 Å². The van der Waals surface area contributed by atoms with E-state index >= 15 is 0 Å². The Bertz CT molecular complexity index is 863. The third kappa shape index (κ3) is 4.16. The number of hydrogen-bond donors (Lipinski definition) is 0. The molecule has 0 fully saturated rings. The molecule has 3 aromatic rings. The summed E-state index contributed by atoms with van der Waals surface area (Å²) in [5, 5.41) is 12.5. The fraction of sp³-hybridized carbons (Fsp3) is 0.412. The molecule has 0 aliphatic rings. The minimum atomic E-state index is -0.182. The first kappa shape index (κ1) is 18.2. The molecule has 26 heavy (non-hydrogen) atoms. The summed E-state index contributed by atoms with van der Waals surface area (Å²) >= 11 is 1.35. The molecule has 8 nitrogen and oxygen atoms in total. The predicted octanol–water partition coefficient (Wildman–Crippen LogP) is 3.73. The maximum Gasteiger partial charge on any atom is 0.277 e.